The highest BCUT2D eigenvalue weighted by atomic mass is 32.1. The number of ether oxygens (including phenoxy) is 1. The number of nitrogens with one attached hydrogen (secondary N) is 2. The Bertz CT molecular complexity index is 367. The van der Waals surface area contributed by atoms with Crippen LogP contribution in [0.4, 0.5) is 10.8 Å². The molecule has 1 aromatic heterocycles. The first-order valence-corrected chi connectivity index (χ1v) is 6.34. The van der Waals surface area contributed by atoms with Crippen LogP contribution in [0.5, 0.6) is 5.75 Å². The molecule has 1 amide bonds. The van der Waals surface area contributed by atoms with Gasteiger partial charge in [-0.3, -0.25) is 4.79 Å². The standard InChI is InChI=1S/C10H18N4O2S/c1-3-5-12-7(15)6-13-10-8(16-4-2)9(11)14-17-10/h13H,3-6H2,1-2H3,(H2,11,14)(H,12,15). The van der Waals surface area contributed by atoms with E-state index < -0.39 is 0 Å². The molecule has 0 aromatic carbocycles. The fraction of sp³-hybridized carbons (Fsp3) is 0.600. The maximum absolute atomic E-state index is 11.4. The normalized spacial score (nSPS) is 10.0. The Morgan fingerprint density at radius 1 is 1.53 bits per heavy atom. The number of carbonyl (C=O) groups is 1. The second-order valence-electron chi connectivity index (χ2n) is 3.36. The SMILES string of the molecule is CCCNC(=O)CNc1snc(N)c1OCC. The van der Waals surface area contributed by atoms with Gasteiger partial charge < -0.3 is 21.1 Å². The van der Waals surface area contributed by atoms with Gasteiger partial charge in [-0.05, 0) is 24.9 Å². The predicted molar refractivity (Wildman–Crippen MR) is 69.5 cm³/mol. The van der Waals surface area contributed by atoms with E-state index in [4.69, 9.17) is 10.5 Å². The number of hydrogen-bond acceptors (Lipinski definition) is 6. The van der Waals surface area contributed by atoms with E-state index in [1.54, 1.807) is 0 Å². The Hall–Kier alpha value is -1.50. The largest absolute Gasteiger partial charge is 0.487 e. The minimum Gasteiger partial charge on any atom is -0.487 e. The van der Waals surface area contributed by atoms with E-state index in [1.165, 1.54) is 11.5 Å². The van der Waals surface area contributed by atoms with Crippen LogP contribution in [0, 0.1) is 0 Å². The number of hydrogen-bond donors (Lipinski definition) is 3. The van der Waals surface area contributed by atoms with Crippen LogP contribution >= 0.6 is 11.5 Å². The van der Waals surface area contributed by atoms with Crippen molar-refractivity contribution in [1.82, 2.24) is 9.69 Å². The fourth-order valence-electron chi connectivity index (χ4n) is 1.18. The van der Waals surface area contributed by atoms with Gasteiger partial charge in [0.25, 0.3) is 0 Å². The van der Waals surface area contributed by atoms with Crippen LogP contribution in [0.2, 0.25) is 0 Å². The predicted octanol–water partition coefficient (Wildman–Crippen LogP) is 1.06. The summed E-state index contributed by atoms with van der Waals surface area (Å²) in [4.78, 5) is 11.4. The number of nitrogens with zero attached hydrogens (tertiary/aromatic N) is 1. The molecule has 0 atom stereocenters. The maximum atomic E-state index is 11.4. The van der Waals surface area contributed by atoms with Gasteiger partial charge in [-0.15, -0.1) is 0 Å². The van der Waals surface area contributed by atoms with Gasteiger partial charge in [0, 0.05) is 6.54 Å². The van der Waals surface area contributed by atoms with Crippen LogP contribution in [0.15, 0.2) is 0 Å². The lowest BCUT2D eigenvalue weighted by molar-refractivity contribution is -0.119. The summed E-state index contributed by atoms with van der Waals surface area (Å²) in [6.07, 6.45) is 0.920. The van der Waals surface area contributed by atoms with Gasteiger partial charge in [-0.2, -0.15) is 4.37 Å². The summed E-state index contributed by atoms with van der Waals surface area (Å²) in [5, 5.41) is 6.43. The van der Waals surface area contributed by atoms with E-state index in [0.29, 0.717) is 29.7 Å². The number of rotatable bonds is 7. The molecule has 0 fully saturated rings. The van der Waals surface area contributed by atoms with E-state index in [-0.39, 0.29) is 12.5 Å². The highest BCUT2D eigenvalue weighted by Gasteiger charge is 2.13. The van der Waals surface area contributed by atoms with Crippen LogP contribution < -0.4 is 21.1 Å². The number of amides is 1. The average Bonchev–Trinajstić information content (AvgIpc) is 2.66. The molecule has 6 nitrogen and oxygen atoms in total. The lowest BCUT2D eigenvalue weighted by Crippen LogP contribution is -2.30. The zero-order valence-electron chi connectivity index (χ0n) is 10.1. The number of aromatic nitrogens is 1. The monoisotopic (exact) mass is 258 g/mol. The zero-order valence-corrected chi connectivity index (χ0v) is 10.9. The molecule has 0 aliphatic heterocycles. The van der Waals surface area contributed by atoms with Crippen LogP contribution in [-0.2, 0) is 4.79 Å². The Morgan fingerprint density at radius 3 is 2.94 bits per heavy atom. The second-order valence-corrected chi connectivity index (χ2v) is 4.14. The summed E-state index contributed by atoms with van der Waals surface area (Å²) in [7, 11) is 0. The van der Waals surface area contributed by atoms with Crippen molar-refractivity contribution < 1.29 is 9.53 Å². The fourth-order valence-corrected chi connectivity index (χ4v) is 1.83. The number of nitrogen functional groups attached to an aromatic ring is 1. The third-order valence-electron chi connectivity index (χ3n) is 1.94. The highest BCUT2D eigenvalue weighted by Crippen LogP contribution is 2.34. The van der Waals surface area contributed by atoms with Crippen molar-refractivity contribution in [2.24, 2.45) is 0 Å². The smallest absolute Gasteiger partial charge is 0.239 e. The van der Waals surface area contributed by atoms with Crippen molar-refractivity contribution in [1.29, 1.82) is 0 Å². The maximum Gasteiger partial charge on any atom is 0.239 e. The van der Waals surface area contributed by atoms with E-state index in [2.05, 4.69) is 15.0 Å². The molecule has 0 bridgehead atoms. The van der Waals surface area contributed by atoms with Gasteiger partial charge in [-0.1, -0.05) is 6.92 Å². The first-order valence-electron chi connectivity index (χ1n) is 5.57. The number of nitrogens with two attached hydrogens (primary N) is 1. The highest BCUT2D eigenvalue weighted by molar-refractivity contribution is 7.11. The summed E-state index contributed by atoms with van der Waals surface area (Å²) < 4.78 is 9.33. The minimum atomic E-state index is -0.0544. The van der Waals surface area contributed by atoms with Gasteiger partial charge in [0.15, 0.2) is 16.6 Å². The molecule has 17 heavy (non-hydrogen) atoms. The first kappa shape index (κ1) is 13.6. The molecule has 1 rings (SSSR count). The van der Waals surface area contributed by atoms with E-state index in [1.807, 2.05) is 13.8 Å². The third-order valence-corrected chi connectivity index (χ3v) is 2.74. The van der Waals surface area contributed by atoms with Crippen molar-refractivity contribution >= 4 is 28.3 Å². The van der Waals surface area contributed by atoms with Gasteiger partial charge in [-0.25, -0.2) is 0 Å². The summed E-state index contributed by atoms with van der Waals surface area (Å²) >= 11 is 1.19. The van der Waals surface area contributed by atoms with Gasteiger partial charge in [0.05, 0.1) is 13.2 Å². The first-order chi connectivity index (χ1) is 8.19. The Labute approximate surface area is 105 Å². The average molecular weight is 258 g/mol. The lowest BCUT2D eigenvalue weighted by Gasteiger charge is -2.07. The van der Waals surface area contributed by atoms with Crippen molar-refractivity contribution in [3.05, 3.63) is 0 Å². The van der Waals surface area contributed by atoms with Gasteiger partial charge in [0.1, 0.15) is 0 Å². The molecule has 0 unspecified atom stereocenters. The molecular weight excluding hydrogens is 240 g/mol. The molecule has 96 valence electrons. The zero-order chi connectivity index (χ0) is 12.7. The molecular formula is C10H18N4O2S. The molecule has 0 aliphatic rings. The summed E-state index contributed by atoms with van der Waals surface area (Å²) in [5.74, 6) is 0.829. The van der Waals surface area contributed by atoms with E-state index in [0.717, 1.165) is 6.42 Å². The quantitative estimate of drug-likeness (QED) is 0.680. The molecule has 7 heteroatoms. The molecule has 1 aromatic rings. The van der Waals surface area contributed by atoms with Crippen LogP contribution in [0.3, 0.4) is 0 Å². The topological polar surface area (TPSA) is 89.3 Å². The lowest BCUT2D eigenvalue weighted by atomic mass is 10.4. The minimum absolute atomic E-state index is 0.0544. The second kappa shape index (κ2) is 6.95. The third kappa shape index (κ3) is 4.10. The molecule has 0 saturated carbocycles. The van der Waals surface area contributed by atoms with E-state index >= 15 is 0 Å². The van der Waals surface area contributed by atoms with Crippen LogP contribution in [0.25, 0.3) is 0 Å². The van der Waals surface area contributed by atoms with Gasteiger partial charge in [0.2, 0.25) is 5.91 Å². The Balaban J connectivity index is 2.48. The number of carbonyl (C=O) groups excluding carboxylic acids is 1. The van der Waals surface area contributed by atoms with Crippen molar-refractivity contribution in [2.45, 2.75) is 20.3 Å². The van der Waals surface area contributed by atoms with Crippen LogP contribution in [0.1, 0.15) is 20.3 Å². The van der Waals surface area contributed by atoms with E-state index in [9.17, 15) is 4.79 Å². The molecule has 1 heterocycles. The van der Waals surface area contributed by atoms with Gasteiger partial charge >= 0.3 is 0 Å². The summed E-state index contributed by atoms with van der Waals surface area (Å²) in [6, 6.07) is 0. The molecule has 4 N–H and O–H groups in total. The van der Waals surface area contributed by atoms with Crippen molar-refractivity contribution in [2.75, 3.05) is 30.7 Å². The van der Waals surface area contributed by atoms with Crippen molar-refractivity contribution in [3.63, 3.8) is 0 Å². The molecule has 0 saturated heterocycles. The Kier molecular flexibility index (Phi) is 5.55. The summed E-state index contributed by atoms with van der Waals surface area (Å²) in [6.45, 7) is 5.27. The number of anilines is 2. The van der Waals surface area contributed by atoms with Crippen LogP contribution in [-0.4, -0.2) is 30.0 Å². The molecule has 0 radical (unpaired) electrons. The molecule has 0 spiro atoms. The van der Waals surface area contributed by atoms with Crippen molar-refractivity contribution in [3.8, 4) is 5.75 Å². The molecule has 0 aliphatic carbocycles. The Morgan fingerprint density at radius 2 is 2.29 bits per heavy atom. The summed E-state index contributed by atoms with van der Waals surface area (Å²) in [5.41, 5.74) is 5.65.